The molecule has 0 spiro atoms. The molecule has 0 saturated carbocycles. The van der Waals surface area contributed by atoms with Gasteiger partial charge in [0.1, 0.15) is 0 Å². The lowest BCUT2D eigenvalue weighted by Crippen LogP contribution is -2.19. The van der Waals surface area contributed by atoms with Gasteiger partial charge in [-0.2, -0.15) is 0 Å². The standard InChI is InChI=1S/C19H38O4/c1-18(20)21-16-14-12-10-8-6-5-7-9-11-13-15-17-22-23-19(2,3)4/h5-17H2,1-4H3. The fraction of sp³-hybridized carbons (Fsp3) is 0.947. The molecule has 0 radical (unpaired) electrons. The van der Waals surface area contributed by atoms with Gasteiger partial charge in [0.25, 0.3) is 0 Å². The molecule has 0 rings (SSSR count). The summed E-state index contributed by atoms with van der Waals surface area (Å²) in [5, 5.41) is 0. The first-order valence-corrected chi connectivity index (χ1v) is 9.36. The van der Waals surface area contributed by atoms with E-state index in [1.54, 1.807) is 0 Å². The van der Waals surface area contributed by atoms with Crippen LogP contribution in [0.3, 0.4) is 0 Å². The lowest BCUT2D eigenvalue weighted by atomic mass is 10.1. The summed E-state index contributed by atoms with van der Waals surface area (Å²) in [4.78, 5) is 21.0. The smallest absolute Gasteiger partial charge is 0.302 e. The minimum atomic E-state index is -0.208. The molecule has 0 unspecified atom stereocenters. The number of rotatable bonds is 15. The summed E-state index contributed by atoms with van der Waals surface area (Å²) in [5.74, 6) is -0.168. The van der Waals surface area contributed by atoms with Crippen molar-refractivity contribution in [1.82, 2.24) is 0 Å². The van der Waals surface area contributed by atoms with Gasteiger partial charge >= 0.3 is 5.97 Å². The molecule has 4 heteroatoms. The first kappa shape index (κ1) is 22.4. The van der Waals surface area contributed by atoms with Crippen molar-refractivity contribution in [2.45, 2.75) is 104 Å². The molecule has 23 heavy (non-hydrogen) atoms. The van der Waals surface area contributed by atoms with Crippen LogP contribution in [0, 0.1) is 0 Å². The highest BCUT2D eigenvalue weighted by atomic mass is 17.2. The van der Waals surface area contributed by atoms with Crippen LogP contribution in [0.25, 0.3) is 0 Å². The summed E-state index contributed by atoms with van der Waals surface area (Å²) in [7, 11) is 0. The molecule has 0 bridgehead atoms. The summed E-state index contributed by atoms with van der Waals surface area (Å²) in [6.45, 7) is 8.73. The van der Waals surface area contributed by atoms with Crippen molar-refractivity contribution in [2.75, 3.05) is 13.2 Å². The van der Waals surface area contributed by atoms with Crippen LogP contribution in [-0.4, -0.2) is 24.8 Å². The van der Waals surface area contributed by atoms with Gasteiger partial charge in [-0.05, 0) is 33.6 Å². The first-order valence-electron chi connectivity index (χ1n) is 9.36. The average Bonchev–Trinajstić information content (AvgIpc) is 2.45. The molecule has 0 N–H and O–H groups in total. The van der Waals surface area contributed by atoms with Gasteiger partial charge in [0.05, 0.1) is 18.8 Å². The molecule has 0 aliphatic heterocycles. The van der Waals surface area contributed by atoms with Crippen LogP contribution in [0.4, 0.5) is 0 Å². The monoisotopic (exact) mass is 330 g/mol. The van der Waals surface area contributed by atoms with Crippen LogP contribution in [-0.2, 0) is 19.3 Å². The molecule has 0 aromatic heterocycles. The molecule has 0 atom stereocenters. The topological polar surface area (TPSA) is 44.8 Å². The Bertz CT molecular complexity index is 271. The Morgan fingerprint density at radius 1 is 0.696 bits per heavy atom. The minimum absolute atomic E-state index is 0.168. The van der Waals surface area contributed by atoms with Crippen molar-refractivity contribution in [3.05, 3.63) is 0 Å². The fourth-order valence-corrected chi connectivity index (χ4v) is 2.29. The highest BCUT2D eigenvalue weighted by molar-refractivity contribution is 5.65. The van der Waals surface area contributed by atoms with Gasteiger partial charge in [-0.1, -0.05) is 57.8 Å². The summed E-state index contributed by atoms with van der Waals surface area (Å²) < 4.78 is 4.91. The number of hydrogen-bond donors (Lipinski definition) is 0. The van der Waals surface area contributed by atoms with Crippen molar-refractivity contribution in [1.29, 1.82) is 0 Å². The third kappa shape index (κ3) is 21.4. The molecule has 0 aromatic rings. The van der Waals surface area contributed by atoms with E-state index < -0.39 is 0 Å². The fourth-order valence-electron chi connectivity index (χ4n) is 2.29. The van der Waals surface area contributed by atoms with Gasteiger partial charge in [0.2, 0.25) is 0 Å². The maximum absolute atomic E-state index is 10.6. The van der Waals surface area contributed by atoms with E-state index in [-0.39, 0.29) is 11.6 Å². The van der Waals surface area contributed by atoms with Gasteiger partial charge in [-0.15, -0.1) is 0 Å². The zero-order valence-electron chi connectivity index (χ0n) is 15.8. The number of esters is 1. The molecule has 0 aliphatic carbocycles. The van der Waals surface area contributed by atoms with Crippen molar-refractivity contribution < 1.29 is 19.3 Å². The van der Waals surface area contributed by atoms with E-state index >= 15 is 0 Å². The van der Waals surface area contributed by atoms with E-state index in [0.717, 1.165) is 12.8 Å². The zero-order valence-corrected chi connectivity index (χ0v) is 15.8. The Morgan fingerprint density at radius 2 is 1.09 bits per heavy atom. The van der Waals surface area contributed by atoms with Crippen molar-refractivity contribution in [3.63, 3.8) is 0 Å². The molecule has 0 fully saturated rings. The Balaban J connectivity index is 3.04. The molecule has 0 heterocycles. The maximum Gasteiger partial charge on any atom is 0.302 e. The van der Waals surface area contributed by atoms with E-state index in [1.807, 2.05) is 20.8 Å². The predicted molar refractivity (Wildman–Crippen MR) is 94.2 cm³/mol. The number of carbonyl (C=O) groups is 1. The average molecular weight is 331 g/mol. The molecule has 0 aliphatic rings. The quantitative estimate of drug-likeness (QED) is 0.170. The normalized spacial score (nSPS) is 11.7. The third-order valence-corrected chi connectivity index (χ3v) is 3.49. The van der Waals surface area contributed by atoms with Gasteiger partial charge in [-0.25, -0.2) is 9.78 Å². The Kier molecular flexibility index (Phi) is 14.6. The summed E-state index contributed by atoms with van der Waals surface area (Å²) in [6.07, 6.45) is 13.7. The van der Waals surface area contributed by atoms with E-state index in [0.29, 0.717) is 13.2 Å². The Morgan fingerprint density at radius 3 is 1.48 bits per heavy atom. The maximum atomic E-state index is 10.6. The second-order valence-corrected chi connectivity index (χ2v) is 7.25. The lowest BCUT2D eigenvalue weighted by Gasteiger charge is -2.17. The van der Waals surface area contributed by atoms with Gasteiger partial charge in [0, 0.05) is 6.92 Å². The minimum Gasteiger partial charge on any atom is -0.466 e. The number of unbranched alkanes of at least 4 members (excludes halogenated alkanes) is 10. The molecule has 0 amide bonds. The van der Waals surface area contributed by atoms with E-state index in [1.165, 1.54) is 64.7 Å². The highest BCUT2D eigenvalue weighted by Crippen LogP contribution is 2.12. The SMILES string of the molecule is CC(=O)OCCCCCCCCCCCCCOOC(C)(C)C. The van der Waals surface area contributed by atoms with Crippen LogP contribution < -0.4 is 0 Å². The van der Waals surface area contributed by atoms with Crippen molar-refractivity contribution >= 4 is 5.97 Å². The molecule has 0 aromatic carbocycles. The predicted octanol–water partition coefficient (Wildman–Crippen LogP) is 5.59. The zero-order chi connectivity index (χ0) is 17.4. The second-order valence-electron chi connectivity index (χ2n) is 7.25. The van der Waals surface area contributed by atoms with Crippen LogP contribution in [0.15, 0.2) is 0 Å². The summed E-state index contributed by atoms with van der Waals surface area (Å²) in [6, 6.07) is 0. The molecular weight excluding hydrogens is 292 g/mol. The van der Waals surface area contributed by atoms with Gasteiger partial charge < -0.3 is 4.74 Å². The second kappa shape index (κ2) is 14.9. The van der Waals surface area contributed by atoms with Crippen LogP contribution in [0.5, 0.6) is 0 Å². The number of hydrogen-bond acceptors (Lipinski definition) is 4. The molecule has 4 nitrogen and oxygen atoms in total. The molecule has 138 valence electrons. The number of carbonyl (C=O) groups excluding carboxylic acids is 1. The van der Waals surface area contributed by atoms with Crippen LogP contribution >= 0.6 is 0 Å². The Labute approximate surface area is 143 Å². The van der Waals surface area contributed by atoms with Gasteiger partial charge in [0.15, 0.2) is 0 Å². The van der Waals surface area contributed by atoms with E-state index in [2.05, 4.69) is 0 Å². The lowest BCUT2D eigenvalue weighted by molar-refractivity contribution is -0.348. The van der Waals surface area contributed by atoms with E-state index in [9.17, 15) is 4.79 Å². The number of ether oxygens (including phenoxy) is 1. The third-order valence-electron chi connectivity index (χ3n) is 3.49. The van der Waals surface area contributed by atoms with Crippen molar-refractivity contribution in [2.24, 2.45) is 0 Å². The molecule has 0 saturated heterocycles. The van der Waals surface area contributed by atoms with Crippen LogP contribution in [0.1, 0.15) is 98.3 Å². The van der Waals surface area contributed by atoms with Crippen molar-refractivity contribution in [3.8, 4) is 0 Å². The molecular formula is C19H38O4. The van der Waals surface area contributed by atoms with Gasteiger partial charge in [-0.3, -0.25) is 4.79 Å². The summed E-state index contributed by atoms with van der Waals surface area (Å²) >= 11 is 0. The highest BCUT2D eigenvalue weighted by Gasteiger charge is 2.10. The largest absolute Gasteiger partial charge is 0.466 e. The summed E-state index contributed by atoms with van der Waals surface area (Å²) in [5.41, 5.74) is -0.208. The van der Waals surface area contributed by atoms with Crippen LogP contribution in [0.2, 0.25) is 0 Å². The first-order chi connectivity index (χ1) is 10.9. The van der Waals surface area contributed by atoms with E-state index in [4.69, 9.17) is 14.5 Å². The Hall–Kier alpha value is -0.610.